The number of rotatable bonds is 4. The third-order valence-corrected chi connectivity index (χ3v) is 5.33. The lowest BCUT2D eigenvalue weighted by Gasteiger charge is -2.43. The van der Waals surface area contributed by atoms with Gasteiger partial charge < -0.3 is 25.2 Å². The van der Waals surface area contributed by atoms with Crippen molar-refractivity contribution in [2.75, 3.05) is 37.7 Å². The molecule has 2 aliphatic rings. The van der Waals surface area contributed by atoms with E-state index in [1.54, 1.807) is 0 Å². The zero-order valence-corrected chi connectivity index (χ0v) is 17.1. The second-order valence-corrected chi connectivity index (χ2v) is 8.49. The molecule has 2 amide bonds. The highest BCUT2D eigenvalue weighted by atomic mass is 19.2. The number of carbonyl (C=O) groups excluding carboxylic acids is 2. The smallest absolute Gasteiger partial charge is 0.407 e. The van der Waals surface area contributed by atoms with Gasteiger partial charge in [-0.2, -0.15) is 0 Å². The first-order valence-corrected chi connectivity index (χ1v) is 9.81. The van der Waals surface area contributed by atoms with Crippen molar-refractivity contribution in [1.82, 2.24) is 15.5 Å². The average Bonchev–Trinajstić information content (AvgIpc) is 2.94. The van der Waals surface area contributed by atoms with Crippen LogP contribution >= 0.6 is 0 Å². The fourth-order valence-electron chi connectivity index (χ4n) is 3.85. The van der Waals surface area contributed by atoms with E-state index in [4.69, 9.17) is 4.74 Å². The van der Waals surface area contributed by atoms with E-state index in [9.17, 15) is 18.4 Å². The number of hydrogen-bond acceptors (Lipinski definition) is 5. The zero-order chi connectivity index (χ0) is 21.2. The molecule has 2 heterocycles. The number of halogens is 2. The minimum atomic E-state index is -0.928. The van der Waals surface area contributed by atoms with E-state index in [2.05, 4.69) is 15.5 Å². The van der Waals surface area contributed by atoms with Gasteiger partial charge in [0.2, 0.25) is 5.91 Å². The molecule has 0 aromatic heterocycles. The van der Waals surface area contributed by atoms with Gasteiger partial charge in [0.15, 0.2) is 11.6 Å². The van der Waals surface area contributed by atoms with Crippen LogP contribution in [0.1, 0.15) is 33.6 Å². The number of hydrogen-bond donors (Lipinski definition) is 2. The molecule has 1 aromatic carbocycles. The molecule has 7 nitrogen and oxygen atoms in total. The fraction of sp³-hybridized carbons (Fsp3) is 0.600. The predicted octanol–water partition coefficient (Wildman–Crippen LogP) is 2.22. The Morgan fingerprint density at radius 3 is 2.55 bits per heavy atom. The van der Waals surface area contributed by atoms with Crippen LogP contribution in [-0.2, 0) is 9.53 Å². The standard InChI is InChI=1S/C20H28F2N4O3/c1-19(2,3)29-18(28)23-8-11-25-9-6-20(7-10-25)17(27)24-13-26(20)14-4-5-15(21)16(22)12-14/h4-5,12H,6-11,13H2,1-3H3,(H,23,28)(H,24,27). The highest BCUT2D eigenvalue weighted by Gasteiger charge is 2.50. The summed E-state index contributed by atoms with van der Waals surface area (Å²) in [5.41, 5.74) is -0.817. The maximum atomic E-state index is 13.7. The number of likely N-dealkylation sites (tertiary alicyclic amines) is 1. The summed E-state index contributed by atoms with van der Waals surface area (Å²) in [5, 5.41) is 5.57. The van der Waals surface area contributed by atoms with Crippen molar-refractivity contribution in [1.29, 1.82) is 0 Å². The molecule has 1 spiro atoms. The SMILES string of the molecule is CC(C)(C)OC(=O)NCCN1CCC2(CC1)C(=O)NCN2c1ccc(F)c(F)c1. The Hall–Kier alpha value is -2.42. The van der Waals surface area contributed by atoms with Crippen LogP contribution in [0.25, 0.3) is 0 Å². The van der Waals surface area contributed by atoms with Gasteiger partial charge in [-0.05, 0) is 45.7 Å². The van der Waals surface area contributed by atoms with Gasteiger partial charge in [0.05, 0.1) is 6.67 Å². The van der Waals surface area contributed by atoms with Gasteiger partial charge in [0.1, 0.15) is 11.1 Å². The molecule has 2 fully saturated rings. The number of ether oxygens (including phenoxy) is 1. The first-order valence-electron chi connectivity index (χ1n) is 9.81. The van der Waals surface area contributed by atoms with Gasteiger partial charge >= 0.3 is 6.09 Å². The van der Waals surface area contributed by atoms with Crippen LogP contribution in [-0.4, -0.2) is 60.9 Å². The highest BCUT2D eigenvalue weighted by molar-refractivity contribution is 5.93. The summed E-state index contributed by atoms with van der Waals surface area (Å²) in [6.45, 7) is 8.09. The first kappa shape index (κ1) is 21.3. The molecule has 3 rings (SSSR count). The lowest BCUT2D eigenvalue weighted by molar-refractivity contribution is -0.125. The second-order valence-electron chi connectivity index (χ2n) is 8.49. The Bertz CT molecular complexity index is 773. The average molecular weight is 410 g/mol. The number of benzene rings is 1. The van der Waals surface area contributed by atoms with E-state index in [0.29, 0.717) is 44.7 Å². The summed E-state index contributed by atoms with van der Waals surface area (Å²) in [6.07, 6.45) is 0.666. The lowest BCUT2D eigenvalue weighted by Crippen LogP contribution is -2.57. The molecule has 2 N–H and O–H groups in total. The highest BCUT2D eigenvalue weighted by Crippen LogP contribution is 2.36. The number of carbonyl (C=O) groups is 2. The Morgan fingerprint density at radius 2 is 1.93 bits per heavy atom. The molecule has 0 saturated carbocycles. The Morgan fingerprint density at radius 1 is 1.24 bits per heavy atom. The summed E-state index contributed by atoms with van der Waals surface area (Å²) in [6, 6.07) is 3.71. The Labute approximate surface area is 169 Å². The molecular weight excluding hydrogens is 382 g/mol. The van der Waals surface area contributed by atoms with Crippen LogP contribution < -0.4 is 15.5 Å². The maximum Gasteiger partial charge on any atom is 0.407 e. The lowest BCUT2D eigenvalue weighted by atomic mass is 9.85. The molecule has 0 atom stereocenters. The van der Waals surface area contributed by atoms with Gasteiger partial charge in [0.25, 0.3) is 0 Å². The van der Waals surface area contributed by atoms with Crippen molar-refractivity contribution in [2.24, 2.45) is 0 Å². The quantitative estimate of drug-likeness (QED) is 0.796. The number of nitrogens with one attached hydrogen (secondary N) is 2. The van der Waals surface area contributed by atoms with E-state index >= 15 is 0 Å². The fourth-order valence-corrected chi connectivity index (χ4v) is 3.85. The summed E-state index contributed by atoms with van der Waals surface area (Å²) in [5.74, 6) is -1.93. The van der Waals surface area contributed by atoms with E-state index in [-0.39, 0.29) is 12.6 Å². The third kappa shape index (κ3) is 4.77. The zero-order valence-electron chi connectivity index (χ0n) is 17.1. The molecule has 29 heavy (non-hydrogen) atoms. The number of nitrogens with zero attached hydrogens (tertiary/aromatic N) is 2. The van der Waals surface area contributed by atoms with Crippen LogP contribution in [0, 0.1) is 11.6 Å². The molecule has 1 aromatic rings. The second kappa shape index (κ2) is 8.14. The van der Waals surface area contributed by atoms with Crippen molar-refractivity contribution < 1.29 is 23.1 Å². The van der Waals surface area contributed by atoms with Crippen molar-refractivity contribution >= 4 is 17.7 Å². The van der Waals surface area contributed by atoms with Crippen LogP contribution in [0.15, 0.2) is 18.2 Å². The van der Waals surface area contributed by atoms with Gasteiger partial charge in [-0.3, -0.25) is 4.79 Å². The van der Waals surface area contributed by atoms with Gasteiger partial charge in [-0.25, -0.2) is 13.6 Å². The van der Waals surface area contributed by atoms with E-state index in [1.807, 2.05) is 25.7 Å². The van der Waals surface area contributed by atoms with Crippen LogP contribution in [0.5, 0.6) is 0 Å². The van der Waals surface area contributed by atoms with Crippen molar-refractivity contribution in [3.05, 3.63) is 29.8 Å². The molecule has 2 saturated heterocycles. The van der Waals surface area contributed by atoms with Crippen LogP contribution in [0.2, 0.25) is 0 Å². The molecule has 9 heteroatoms. The first-order chi connectivity index (χ1) is 13.6. The Balaban J connectivity index is 1.56. The molecular formula is C20H28F2N4O3. The number of amides is 2. The number of piperidine rings is 1. The summed E-state index contributed by atoms with van der Waals surface area (Å²) in [4.78, 5) is 28.3. The molecule has 0 unspecified atom stereocenters. The maximum absolute atomic E-state index is 13.7. The van der Waals surface area contributed by atoms with E-state index in [0.717, 1.165) is 12.1 Å². The molecule has 0 radical (unpaired) electrons. The number of alkyl carbamates (subject to hydrolysis) is 1. The molecule has 2 aliphatic heterocycles. The summed E-state index contributed by atoms with van der Waals surface area (Å²) in [7, 11) is 0. The van der Waals surface area contributed by atoms with Gasteiger partial charge in [-0.1, -0.05) is 0 Å². The minimum absolute atomic E-state index is 0.0891. The van der Waals surface area contributed by atoms with Crippen molar-refractivity contribution in [2.45, 2.75) is 44.8 Å². The molecule has 160 valence electrons. The normalized spacial score (nSPS) is 19.3. The topological polar surface area (TPSA) is 73.9 Å². The molecule has 0 bridgehead atoms. The van der Waals surface area contributed by atoms with Crippen LogP contribution in [0.3, 0.4) is 0 Å². The van der Waals surface area contributed by atoms with Gasteiger partial charge in [-0.15, -0.1) is 0 Å². The summed E-state index contributed by atoms with van der Waals surface area (Å²) < 4.78 is 32.2. The number of anilines is 1. The predicted molar refractivity (Wildman–Crippen MR) is 104 cm³/mol. The van der Waals surface area contributed by atoms with E-state index < -0.39 is 28.9 Å². The summed E-state index contributed by atoms with van der Waals surface area (Å²) >= 11 is 0. The molecule has 0 aliphatic carbocycles. The van der Waals surface area contributed by atoms with E-state index in [1.165, 1.54) is 6.07 Å². The monoisotopic (exact) mass is 410 g/mol. The largest absolute Gasteiger partial charge is 0.444 e. The van der Waals surface area contributed by atoms with Crippen LogP contribution in [0.4, 0.5) is 19.3 Å². The third-order valence-electron chi connectivity index (χ3n) is 5.33. The van der Waals surface area contributed by atoms with Crippen molar-refractivity contribution in [3.8, 4) is 0 Å². The van der Waals surface area contributed by atoms with Crippen molar-refractivity contribution in [3.63, 3.8) is 0 Å². The minimum Gasteiger partial charge on any atom is -0.444 e. The Kier molecular flexibility index (Phi) is 5.97. The van der Waals surface area contributed by atoms with Gasteiger partial charge in [0, 0.05) is 37.9 Å².